The van der Waals surface area contributed by atoms with Gasteiger partial charge in [-0.1, -0.05) is 30.3 Å². The molecule has 0 bridgehead atoms. The molecule has 0 aliphatic rings. The highest BCUT2D eigenvalue weighted by Crippen LogP contribution is 2.19. The molecule has 0 spiro atoms. The molecule has 0 fully saturated rings. The molecule has 0 aliphatic carbocycles. The molecule has 2 aromatic rings. The minimum atomic E-state index is -0.903. The number of hydrogen-bond donors (Lipinski definition) is 1. The van der Waals surface area contributed by atoms with Gasteiger partial charge in [0.1, 0.15) is 5.75 Å². The summed E-state index contributed by atoms with van der Waals surface area (Å²) in [4.78, 5) is 23.8. The maximum atomic E-state index is 12.0. The number of esters is 1. The number of carbonyl (C=O) groups is 2. The largest absolute Gasteiger partial charge is 0.482 e. The quantitative estimate of drug-likeness (QED) is 0.827. The highest BCUT2D eigenvalue weighted by Gasteiger charge is 2.18. The number of ether oxygens (including phenoxy) is 2. The Bertz CT molecular complexity index is 713. The summed E-state index contributed by atoms with van der Waals surface area (Å²) in [6.07, 6.45) is -0.903. The van der Waals surface area contributed by atoms with Gasteiger partial charge in [-0.3, -0.25) is 4.79 Å². The van der Waals surface area contributed by atoms with Crippen molar-refractivity contribution in [2.75, 3.05) is 11.9 Å². The van der Waals surface area contributed by atoms with Gasteiger partial charge >= 0.3 is 5.97 Å². The van der Waals surface area contributed by atoms with Crippen LogP contribution >= 0.6 is 0 Å². The van der Waals surface area contributed by atoms with Crippen LogP contribution < -0.4 is 10.1 Å². The molecule has 1 N–H and O–H groups in total. The second-order valence-corrected chi connectivity index (χ2v) is 5.54. The first-order chi connectivity index (χ1) is 11.5. The van der Waals surface area contributed by atoms with Crippen LogP contribution in [0.25, 0.3) is 0 Å². The molecule has 0 saturated carbocycles. The first-order valence-electron chi connectivity index (χ1n) is 7.71. The van der Waals surface area contributed by atoms with Crippen molar-refractivity contribution in [3.05, 3.63) is 59.7 Å². The highest BCUT2D eigenvalue weighted by molar-refractivity contribution is 5.95. The van der Waals surface area contributed by atoms with Crippen molar-refractivity contribution in [1.29, 1.82) is 0 Å². The molecule has 24 heavy (non-hydrogen) atoms. The third-order valence-electron chi connectivity index (χ3n) is 3.41. The lowest BCUT2D eigenvalue weighted by Gasteiger charge is -2.14. The number of nitrogens with one attached hydrogen (secondary N) is 1. The summed E-state index contributed by atoms with van der Waals surface area (Å²) < 4.78 is 10.6. The van der Waals surface area contributed by atoms with E-state index >= 15 is 0 Å². The van der Waals surface area contributed by atoms with Gasteiger partial charge < -0.3 is 14.8 Å². The summed E-state index contributed by atoms with van der Waals surface area (Å²) in [5, 5.41) is 2.68. The minimum Gasteiger partial charge on any atom is -0.482 e. The van der Waals surface area contributed by atoms with E-state index in [1.165, 1.54) is 6.92 Å². The van der Waals surface area contributed by atoms with Gasteiger partial charge in [-0.15, -0.1) is 0 Å². The van der Waals surface area contributed by atoms with Crippen LogP contribution in [0.15, 0.2) is 48.5 Å². The number of benzene rings is 2. The Morgan fingerprint density at radius 1 is 1.08 bits per heavy atom. The monoisotopic (exact) mass is 327 g/mol. The first kappa shape index (κ1) is 17.5. The average Bonchev–Trinajstić information content (AvgIpc) is 2.56. The number of rotatable bonds is 6. The van der Waals surface area contributed by atoms with Crippen molar-refractivity contribution < 1.29 is 19.1 Å². The molecule has 2 rings (SSSR count). The van der Waals surface area contributed by atoms with Crippen LogP contribution in [0, 0.1) is 13.8 Å². The molecular weight excluding hydrogens is 306 g/mol. The molecule has 0 aromatic heterocycles. The lowest BCUT2D eigenvalue weighted by molar-refractivity contribution is -0.155. The van der Waals surface area contributed by atoms with Crippen LogP contribution in [-0.4, -0.2) is 24.6 Å². The van der Waals surface area contributed by atoms with Crippen molar-refractivity contribution in [3.63, 3.8) is 0 Å². The zero-order valence-corrected chi connectivity index (χ0v) is 14.0. The molecule has 5 nitrogen and oxygen atoms in total. The summed E-state index contributed by atoms with van der Waals surface area (Å²) in [7, 11) is 0. The molecular formula is C19H21NO4. The predicted molar refractivity (Wildman–Crippen MR) is 92.0 cm³/mol. The van der Waals surface area contributed by atoms with Crippen LogP contribution in [0.1, 0.15) is 18.1 Å². The molecule has 0 saturated heterocycles. The molecule has 5 heteroatoms. The minimum absolute atomic E-state index is 0.243. The van der Waals surface area contributed by atoms with Crippen molar-refractivity contribution in [1.82, 2.24) is 0 Å². The van der Waals surface area contributed by atoms with Crippen LogP contribution in [-0.2, 0) is 14.3 Å². The zero-order chi connectivity index (χ0) is 17.5. The van der Waals surface area contributed by atoms with E-state index in [1.54, 1.807) is 12.1 Å². The van der Waals surface area contributed by atoms with E-state index in [9.17, 15) is 9.59 Å². The maximum Gasteiger partial charge on any atom is 0.344 e. The maximum absolute atomic E-state index is 12.0. The summed E-state index contributed by atoms with van der Waals surface area (Å²) >= 11 is 0. The smallest absolute Gasteiger partial charge is 0.344 e. The predicted octanol–water partition coefficient (Wildman–Crippen LogP) is 3.25. The van der Waals surface area contributed by atoms with Crippen molar-refractivity contribution >= 4 is 17.6 Å². The molecule has 0 unspecified atom stereocenters. The summed E-state index contributed by atoms with van der Waals surface area (Å²) in [6.45, 7) is 5.12. The summed E-state index contributed by atoms with van der Waals surface area (Å²) in [6, 6.07) is 14.7. The standard InChI is InChI=1S/C19H21NO4/c1-13-9-10-14(2)17(11-13)23-12-18(21)24-15(3)19(22)20-16-7-5-4-6-8-16/h4-11,15H,12H2,1-3H3,(H,20,22)/t15-/m0/s1. The second-order valence-electron chi connectivity index (χ2n) is 5.54. The Kier molecular flexibility index (Phi) is 5.95. The van der Waals surface area contributed by atoms with Gasteiger partial charge in [-0.25, -0.2) is 4.79 Å². The van der Waals surface area contributed by atoms with Crippen LogP contribution in [0.2, 0.25) is 0 Å². The third kappa shape index (κ3) is 5.12. The van der Waals surface area contributed by atoms with Gasteiger partial charge in [0.15, 0.2) is 12.7 Å². The Balaban J connectivity index is 1.83. The number of para-hydroxylation sites is 1. The van der Waals surface area contributed by atoms with Gasteiger partial charge in [-0.2, -0.15) is 0 Å². The fourth-order valence-electron chi connectivity index (χ4n) is 2.05. The van der Waals surface area contributed by atoms with E-state index in [-0.39, 0.29) is 12.5 Å². The van der Waals surface area contributed by atoms with Crippen LogP contribution in [0.5, 0.6) is 5.75 Å². The molecule has 0 aliphatic heterocycles. The van der Waals surface area contributed by atoms with E-state index in [1.807, 2.05) is 50.2 Å². The normalized spacial score (nSPS) is 11.5. The zero-order valence-electron chi connectivity index (χ0n) is 14.0. The van der Waals surface area contributed by atoms with Gasteiger partial charge in [0, 0.05) is 5.69 Å². The molecule has 0 heterocycles. The Morgan fingerprint density at radius 2 is 1.79 bits per heavy atom. The average molecular weight is 327 g/mol. The number of carbonyl (C=O) groups excluding carboxylic acids is 2. The van der Waals surface area contributed by atoms with Gasteiger partial charge in [0.25, 0.3) is 5.91 Å². The van der Waals surface area contributed by atoms with Crippen molar-refractivity contribution in [2.45, 2.75) is 26.9 Å². The fourth-order valence-corrected chi connectivity index (χ4v) is 2.05. The summed E-state index contributed by atoms with van der Waals surface area (Å²) in [5.74, 6) is -0.346. The van der Waals surface area contributed by atoms with E-state index in [0.29, 0.717) is 11.4 Å². The van der Waals surface area contributed by atoms with E-state index in [4.69, 9.17) is 9.47 Å². The van der Waals surface area contributed by atoms with Crippen molar-refractivity contribution in [2.24, 2.45) is 0 Å². The Hall–Kier alpha value is -2.82. The Morgan fingerprint density at radius 3 is 2.50 bits per heavy atom. The van der Waals surface area contributed by atoms with E-state index in [0.717, 1.165) is 11.1 Å². The highest BCUT2D eigenvalue weighted by atomic mass is 16.6. The van der Waals surface area contributed by atoms with Crippen LogP contribution in [0.3, 0.4) is 0 Å². The lowest BCUT2D eigenvalue weighted by atomic mass is 10.1. The first-order valence-corrected chi connectivity index (χ1v) is 7.71. The van der Waals surface area contributed by atoms with Crippen molar-refractivity contribution in [3.8, 4) is 5.75 Å². The molecule has 0 radical (unpaired) electrons. The van der Waals surface area contributed by atoms with Gasteiger partial charge in [-0.05, 0) is 50.1 Å². The van der Waals surface area contributed by atoms with Crippen LogP contribution in [0.4, 0.5) is 5.69 Å². The number of aryl methyl sites for hydroxylation is 2. The van der Waals surface area contributed by atoms with Gasteiger partial charge in [0.2, 0.25) is 0 Å². The molecule has 1 amide bonds. The second kappa shape index (κ2) is 8.15. The van der Waals surface area contributed by atoms with E-state index in [2.05, 4.69) is 5.32 Å². The topological polar surface area (TPSA) is 64.6 Å². The SMILES string of the molecule is Cc1ccc(C)c(OCC(=O)O[C@@H](C)C(=O)Nc2ccccc2)c1. The molecule has 2 aromatic carbocycles. The number of anilines is 1. The van der Waals surface area contributed by atoms with Gasteiger partial charge in [0.05, 0.1) is 0 Å². The van der Waals surface area contributed by atoms with E-state index < -0.39 is 12.1 Å². The number of hydrogen-bond acceptors (Lipinski definition) is 4. The molecule has 1 atom stereocenters. The fraction of sp³-hybridized carbons (Fsp3) is 0.263. The Labute approximate surface area is 141 Å². The lowest BCUT2D eigenvalue weighted by Crippen LogP contribution is -2.31. The summed E-state index contributed by atoms with van der Waals surface area (Å²) in [5.41, 5.74) is 2.62. The number of amides is 1. The molecule has 126 valence electrons. The third-order valence-corrected chi connectivity index (χ3v) is 3.41.